The van der Waals surface area contributed by atoms with Crippen LogP contribution in [0.4, 0.5) is 0 Å². The van der Waals surface area contributed by atoms with E-state index in [1.807, 2.05) is 0 Å². The van der Waals surface area contributed by atoms with Gasteiger partial charge in [-0.05, 0) is 12.8 Å². The number of halogens is 1. The monoisotopic (exact) mass is 189 g/mol. The lowest BCUT2D eigenvalue weighted by atomic mass is 10.0. The van der Waals surface area contributed by atoms with Crippen molar-refractivity contribution < 1.29 is 4.74 Å². The fraction of sp³-hybridized carbons (Fsp3) is 0.778. The molecule has 3 atom stereocenters. The second-order valence-electron chi connectivity index (χ2n) is 3.40. The molecule has 0 radical (unpaired) electrons. The molecule has 1 aliphatic rings. The molecule has 0 bridgehead atoms. The summed E-state index contributed by atoms with van der Waals surface area (Å²) in [5.74, 6) is 0.556. The van der Waals surface area contributed by atoms with Gasteiger partial charge in [0, 0.05) is 17.6 Å². The third-order valence-corrected chi connectivity index (χ3v) is 2.60. The maximum Gasteiger partial charge on any atom is 0.0627 e. The summed E-state index contributed by atoms with van der Waals surface area (Å²) in [6.45, 7) is 9.37. The Morgan fingerprint density at radius 1 is 1.67 bits per heavy atom. The van der Waals surface area contributed by atoms with Crippen molar-refractivity contribution in [3.8, 4) is 0 Å². The summed E-state index contributed by atoms with van der Waals surface area (Å²) < 4.78 is 5.47. The van der Waals surface area contributed by atoms with Crippen LogP contribution < -0.4 is 5.32 Å². The van der Waals surface area contributed by atoms with Gasteiger partial charge in [-0.1, -0.05) is 25.1 Å². The quantitative estimate of drug-likeness (QED) is 0.731. The number of rotatable bonds is 3. The predicted octanol–water partition coefficient (Wildman–Crippen LogP) is 1.75. The summed E-state index contributed by atoms with van der Waals surface area (Å²) in [6, 6.07) is 0.426. The second-order valence-corrected chi connectivity index (χ2v) is 3.94. The lowest BCUT2D eigenvalue weighted by Gasteiger charge is -2.16. The number of hydrogen-bond donors (Lipinski definition) is 1. The van der Waals surface area contributed by atoms with Crippen LogP contribution in [-0.4, -0.2) is 25.3 Å². The van der Waals surface area contributed by atoms with Crippen molar-refractivity contribution in [2.45, 2.75) is 26.0 Å². The summed E-state index contributed by atoms with van der Waals surface area (Å²) in [5.41, 5.74) is 0. The van der Waals surface area contributed by atoms with E-state index in [0.29, 0.717) is 29.6 Å². The van der Waals surface area contributed by atoms with E-state index in [1.165, 1.54) is 0 Å². The molecule has 12 heavy (non-hydrogen) atoms. The number of hydrogen-bond acceptors (Lipinski definition) is 2. The van der Waals surface area contributed by atoms with Crippen LogP contribution in [0.15, 0.2) is 11.6 Å². The zero-order valence-electron chi connectivity index (χ0n) is 7.64. The zero-order chi connectivity index (χ0) is 9.14. The standard InChI is InChI=1S/C9H16ClNO/c1-6(10)4-11-9-5-12-8(3)7(9)2/h7-9,11H,1,4-5H2,2-3H3. The van der Waals surface area contributed by atoms with Gasteiger partial charge in [-0.15, -0.1) is 0 Å². The lowest BCUT2D eigenvalue weighted by Crippen LogP contribution is -2.35. The van der Waals surface area contributed by atoms with E-state index >= 15 is 0 Å². The Labute approximate surface area is 78.9 Å². The van der Waals surface area contributed by atoms with Crippen molar-refractivity contribution in [1.82, 2.24) is 5.32 Å². The van der Waals surface area contributed by atoms with Gasteiger partial charge in [0.25, 0.3) is 0 Å². The average molecular weight is 190 g/mol. The highest BCUT2D eigenvalue weighted by Gasteiger charge is 2.29. The third kappa shape index (κ3) is 2.47. The Morgan fingerprint density at radius 2 is 2.33 bits per heavy atom. The lowest BCUT2D eigenvalue weighted by molar-refractivity contribution is 0.108. The van der Waals surface area contributed by atoms with E-state index in [4.69, 9.17) is 16.3 Å². The van der Waals surface area contributed by atoms with Gasteiger partial charge in [0.15, 0.2) is 0 Å². The summed E-state index contributed by atoms with van der Waals surface area (Å²) in [4.78, 5) is 0. The summed E-state index contributed by atoms with van der Waals surface area (Å²) >= 11 is 5.64. The molecular formula is C9H16ClNO. The predicted molar refractivity (Wildman–Crippen MR) is 51.4 cm³/mol. The molecule has 0 amide bonds. The topological polar surface area (TPSA) is 21.3 Å². The molecule has 3 unspecified atom stereocenters. The molecule has 0 aromatic carbocycles. The molecule has 70 valence electrons. The molecule has 0 aromatic heterocycles. The SMILES string of the molecule is C=C(Cl)CNC1COC(C)C1C. The molecular weight excluding hydrogens is 174 g/mol. The minimum atomic E-state index is 0.353. The molecule has 3 heteroatoms. The smallest absolute Gasteiger partial charge is 0.0627 e. The van der Waals surface area contributed by atoms with E-state index in [1.54, 1.807) is 0 Å². The largest absolute Gasteiger partial charge is 0.377 e. The maximum absolute atomic E-state index is 5.64. The molecule has 1 fully saturated rings. The van der Waals surface area contributed by atoms with Crippen molar-refractivity contribution >= 4 is 11.6 Å². The van der Waals surface area contributed by atoms with Crippen LogP contribution in [0.3, 0.4) is 0 Å². The van der Waals surface area contributed by atoms with Crippen LogP contribution in [0, 0.1) is 5.92 Å². The van der Waals surface area contributed by atoms with Crippen molar-refractivity contribution in [2.75, 3.05) is 13.2 Å². The van der Waals surface area contributed by atoms with Gasteiger partial charge in [-0.2, -0.15) is 0 Å². The zero-order valence-corrected chi connectivity index (χ0v) is 8.40. The summed E-state index contributed by atoms with van der Waals surface area (Å²) in [7, 11) is 0. The van der Waals surface area contributed by atoms with Crippen LogP contribution in [0.5, 0.6) is 0 Å². The van der Waals surface area contributed by atoms with E-state index in [0.717, 1.165) is 6.61 Å². The van der Waals surface area contributed by atoms with Crippen LogP contribution >= 0.6 is 11.6 Å². The first kappa shape index (κ1) is 10.0. The molecule has 2 nitrogen and oxygen atoms in total. The average Bonchev–Trinajstić information content (AvgIpc) is 2.30. The van der Waals surface area contributed by atoms with Gasteiger partial charge in [-0.3, -0.25) is 0 Å². The van der Waals surface area contributed by atoms with Gasteiger partial charge in [0.1, 0.15) is 0 Å². The van der Waals surface area contributed by atoms with E-state index in [9.17, 15) is 0 Å². The van der Waals surface area contributed by atoms with Gasteiger partial charge < -0.3 is 10.1 Å². The maximum atomic E-state index is 5.64. The molecule has 0 aliphatic carbocycles. The molecule has 1 heterocycles. The van der Waals surface area contributed by atoms with Crippen molar-refractivity contribution in [3.63, 3.8) is 0 Å². The number of ether oxygens (including phenoxy) is 1. The Hall–Kier alpha value is -0.0500. The first-order valence-electron chi connectivity index (χ1n) is 4.29. The van der Waals surface area contributed by atoms with E-state index in [2.05, 4.69) is 25.7 Å². The highest BCUT2D eigenvalue weighted by atomic mass is 35.5. The molecule has 0 spiro atoms. The van der Waals surface area contributed by atoms with Crippen LogP contribution in [-0.2, 0) is 4.74 Å². The van der Waals surface area contributed by atoms with Crippen LogP contribution in [0.1, 0.15) is 13.8 Å². The fourth-order valence-electron chi connectivity index (χ4n) is 1.37. The second kappa shape index (κ2) is 4.26. The normalized spacial score (nSPS) is 35.4. The van der Waals surface area contributed by atoms with Crippen molar-refractivity contribution in [3.05, 3.63) is 11.6 Å². The fourth-order valence-corrected chi connectivity index (χ4v) is 1.45. The van der Waals surface area contributed by atoms with E-state index < -0.39 is 0 Å². The molecule has 1 rings (SSSR count). The Balaban J connectivity index is 2.29. The third-order valence-electron chi connectivity index (χ3n) is 2.47. The first-order valence-corrected chi connectivity index (χ1v) is 4.67. The van der Waals surface area contributed by atoms with Crippen LogP contribution in [0.25, 0.3) is 0 Å². The molecule has 1 saturated heterocycles. The van der Waals surface area contributed by atoms with Gasteiger partial charge >= 0.3 is 0 Å². The first-order chi connectivity index (χ1) is 5.61. The minimum absolute atomic E-state index is 0.353. The number of nitrogens with one attached hydrogen (secondary N) is 1. The highest BCUT2D eigenvalue weighted by Crippen LogP contribution is 2.20. The Morgan fingerprint density at radius 3 is 2.75 bits per heavy atom. The highest BCUT2D eigenvalue weighted by molar-refractivity contribution is 6.29. The van der Waals surface area contributed by atoms with Crippen LogP contribution in [0.2, 0.25) is 0 Å². The molecule has 1 aliphatic heterocycles. The minimum Gasteiger partial charge on any atom is -0.377 e. The Bertz CT molecular complexity index is 172. The van der Waals surface area contributed by atoms with Gasteiger partial charge in [-0.25, -0.2) is 0 Å². The van der Waals surface area contributed by atoms with Crippen molar-refractivity contribution in [2.24, 2.45) is 5.92 Å². The molecule has 0 aromatic rings. The summed E-state index contributed by atoms with van der Waals surface area (Å²) in [5, 5.41) is 3.96. The van der Waals surface area contributed by atoms with Gasteiger partial charge in [0.2, 0.25) is 0 Å². The van der Waals surface area contributed by atoms with E-state index in [-0.39, 0.29) is 0 Å². The van der Waals surface area contributed by atoms with Gasteiger partial charge in [0.05, 0.1) is 12.7 Å². The Kier molecular flexibility index (Phi) is 3.56. The van der Waals surface area contributed by atoms with Crippen molar-refractivity contribution in [1.29, 1.82) is 0 Å². The molecule has 0 saturated carbocycles. The summed E-state index contributed by atoms with van der Waals surface area (Å²) in [6.07, 6.45) is 0.353. The molecule has 1 N–H and O–H groups in total.